The molecule has 2 aromatic carbocycles. The molecule has 1 heterocycles. The van der Waals surface area contributed by atoms with Crippen LogP contribution in [0.1, 0.15) is 24.3 Å². The summed E-state index contributed by atoms with van der Waals surface area (Å²) in [6, 6.07) is 15.3. The van der Waals surface area contributed by atoms with Crippen LogP contribution in [0.4, 0.5) is 5.69 Å². The standard InChI is InChI=1S/C18H18ClNO2S/c1-3-16-17(21)20(12-8-10-13(22-2)11-9-12)18(23-16)14-6-4-5-7-15(14)19/h4-11,16,18H,3H2,1-2H3. The first-order valence-electron chi connectivity index (χ1n) is 7.52. The predicted molar refractivity (Wildman–Crippen MR) is 96.3 cm³/mol. The summed E-state index contributed by atoms with van der Waals surface area (Å²) in [5.74, 6) is 0.905. The maximum Gasteiger partial charge on any atom is 0.241 e. The van der Waals surface area contributed by atoms with Crippen molar-refractivity contribution in [2.45, 2.75) is 24.0 Å². The molecule has 2 unspecified atom stereocenters. The second-order valence-electron chi connectivity index (χ2n) is 5.31. The smallest absolute Gasteiger partial charge is 0.241 e. The Morgan fingerprint density at radius 2 is 1.87 bits per heavy atom. The summed E-state index contributed by atoms with van der Waals surface area (Å²) in [6.45, 7) is 2.04. The number of thioether (sulfide) groups is 1. The molecule has 0 N–H and O–H groups in total. The van der Waals surface area contributed by atoms with Crippen molar-refractivity contribution in [1.82, 2.24) is 0 Å². The highest BCUT2D eigenvalue weighted by Gasteiger charge is 2.41. The summed E-state index contributed by atoms with van der Waals surface area (Å²) in [5.41, 5.74) is 1.84. The van der Waals surface area contributed by atoms with Crippen molar-refractivity contribution in [2.75, 3.05) is 12.0 Å². The first-order valence-corrected chi connectivity index (χ1v) is 8.84. The molecule has 2 aromatic rings. The molecule has 0 aliphatic carbocycles. The van der Waals surface area contributed by atoms with Crippen LogP contribution in [0.2, 0.25) is 5.02 Å². The van der Waals surface area contributed by atoms with Crippen molar-refractivity contribution in [2.24, 2.45) is 0 Å². The molecule has 0 spiro atoms. The van der Waals surface area contributed by atoms with E-state index in [0.717, 1.165) is 23.4 Å². The molecule has 1 fully saturated rings. The van der Waals surface area contributed by atoms with Crippen LogP contribution in [0.25, 0.3) is 0 Å². The first-order chi connectivity index (χ1) is 11.2. The van der Waals surface area contributed by atoms with Gasteiger partial charge in [0.2, 0.25) is 5.91 Å². The van der Waals surface area contributed by atoms with Gasteiger partial charge in [0.25, 0.3) is 0 Å². The number of halogens is 1. The number of rotatable bonds is 4. The maximum atomic E-state index is 12.8. The minimum atomic E-state index is -0.102. The van der Waals surface area contributed by atoms with Gasteiger partial charge in [-0.15, -0.1) is 11.8 Å². The SMILES string of the molecule is CCC1SC(c2ccccc2Cl)N(c2ccc(OC)cc2)C1=O. The topological polar surface area (TPSA) is 29.5 Å². The number of hydrogen-bond donors (Lipinski definition) is 0. The Labute approximate surface area is 145 Å². The lowest BCUT2D eigenvalue weighted by Crippen LogP contribution is -2.30. The van der Waals surface area contributed by atoms with E-state index >= 15 is 0 Å². The Balaban J connectivity index is 2.02. The van der Waals surface area contributed by atoms with Crippen LogP contribution in [0.15, 0.2) is 48.5 Å². The molecule has 1 aliphatic rings. The van der Waals surface area contributed by atoms with Gasteiger partial charge < -0.3 is 4.74 Å². The van der Waals surface area contributed by atoms with Crippen molar-refractivity contribution in [3.8, 4) is 5.75 Å². The fourth-order valence-corrected chi connectivity index (χ4v) is 4.45. The number of nitrogens with zero attached hydrogens (tertiary/aromatic N) is 1. The van der Waals surface area contributed by atoms with Gasteiger partial charge in [0.15, 0.2) is 0 Å². The fraction of sp³-hybridized carbons (Fsp3) is 0.278. The highest BCUT2D eigenvalue weighted by Crippen LogP contribution is 2.48. The summed E-state index contributed by atoms with van der Waals surface area (Å²) in [4.78, 5) is 14.7. The lowest BCUT2D eigenvalue weighted by Gasteiger charge is -2.25. The zero-order valence-corrected chi connectivity index (χ0v) is 14.6. The Bertz CT molecular complexity index is 704. The molecule has 5 heteroatoms. The number of ether oxygens (including phenoxy) is 1. The van der Waals surface area contributed by atoms with Crippen LogP contribution in [0.5, 0.6) is 5.75 Å². The Morgan fingerprint density at radius 3 is 2.48 bits per heavy atom. The molecule has 1 amide bonds. The lowest BCUT2D eigenvalue weighted by atomic mass is 10.1. The number of hydrogen-bond acceptors (Lipinski definition) is 3. The van der Waals surface area contributed by atoms with Gasteiger partial charge in [0, 0.05) is 16.3 Å². The summed E-state index contributed by atoms with van der Waals surface area (Å²) in [7, 11) is 1.63. The molecular formula is C18H18ClNO2S. The van der Waals surface area contributed by atoms with Gasteiger partial charge >= 0.3 is 0 Å². The van der Waals surface area contributed by atoms with Crippen molar-refractivity contribution < 1.29 is 9.53 Å². The van der Waals surface area contributed by atoms with Crippen molar-refractivity contribution >= 4 is 35.0 Å². The molecule has 0 bridgehead atoms. The Hall–Kier alpha value is -1.65. The van der Waals surface area contributed by atoms with Crippen LogP contribution in [-0.2, 0) is 4.79 Å². The molecule has 0 aromatic heterocycles. The van der Waals surface area contributed by atoms with Crippen molar-refractivity contribution in [3.05, 3.63) is 59.1 Å². The second kappa shape index (κ2) is 6.85. The van der Waals surface area contributed by atoms with Gasteiger partial charge in [-0.1, -0.05) is 36.7 Å². The average Bonchev–Trinajstić information content (AvgIpc) is 2.92. The molecule has 3 nitrogen and oxygen atoms in total. The second-order valence-corrected chi connectivity index (χ2v) is 7.01. The van der Waals surface area contributed by atoms with Crippen molar-refractivity contribution in [1.29, 1.82) is 0 Å². The number of carbonyl (C=O) groups is 1. The molecule has 0 radical (unpaired) electrons. The van der Waals surface area contributed by atoms with Crippen LogP contribution in [0, 0.1) is 0 Å². The van der Waals surface area contributed by atoms with E-state index in [1.54, 1.807) is 18.9 Å². The van der Waals surface area contributed by atoms with E-state index in [0.29, 0.717) is 5.02 Å². The molecule has 0 saturated carbocycles. The maximum absolute atomic E-state index is 12.8. The minimum Gasteiger partial charge on any atom is -0.497 e. The van der Waals surface area contributed by atoms with Gasteiger partial charge in [-0.2, -0.15) is 0 Å². The number of carbonyl (C=O) groups excluding carboxylic acids is 1. The summed E-state index contributed by atoms with van der Waals surface area (Å²) in [6.07, 6.45) is 0.803. The van der Waals surface area contributed by atoms with Gasteiger partial charge in [0.05, 0.1) is 12.4 Å². The molecule has 23 heavy (non-hydrogen) atoms. The predicted octanol–water partition coefficient (Wildman–Crippen LogP) is 4.91. The number of amides is 1. The molecule has 120 valence electrons. The van der Waals surface area contributed by atoms with Crippen LogP contribution < -0.4 is 9.64 Å². The van der Waals surface area contributed by atoms with Gasteiger partial charge in [-0.25, -0.2) is 0 Å². The van der Waals surface area contributed by atoms with Gasteiger partial charge in [-0.05, 0) is 36.8 Å². The third kappa shape index (κ3) is 3.06. The highest BCUT2D eigenvalue weighted by molar-refractivity contribution is 8.01. The summed E-state index contributed by atoms with van der Waals surface area (Å²) in [5, 5.41) is 0.543. The van der Waals surface area contributed by atoms with E-state index in [-0.39, 0.29) is 16.5 Å². The number of benzene rings is 2. The zero-order valence-electron chi connectivity index (χ0n) is 13.0. The molecule has 2 atom stereocenters. The summed E-state index contributed by atoms with van der Waals surface area (Å²) < 4.78 is 5.20. The van der Waals surface area contributed by atoms with Crippen LogP contribution >= 0.6 is 23.4 Å². The third-order valence-corrected chi connectivity index (χ3v) is 5.86. The molecular weight excluding hydrogens is 330 g/mol. The average molecular weight is 348 g/mol. The zero-order chi connectivity index (χ0) is 16.4. The van der Waals surface area contributed by atoms with Crippen LogP contribution in [0.3, 0.4) is 0 Å². The summed E-state index contributed by atoms with van der Waals surface area (Å²) >= 11 is 8.03. The molecule has 3 rings (SSSR count). The highest BCUT2D eigenvalue weighted by atomic mass is 35.5. The normalized spacial score (nSPS) is 20.8. The Morgan fingerprint density at radius 1 is 1.17 bits per heavy atom. The number of anilines is 1. The van der Waals surface area contributed by atoms with E-state index in [9.17, 15) is 4.79 Å². The fourth-order valence-electron chi connectivity index (χ4n) is 2.71. The number of methoxy groups -OCH3 is 1. The lowest BCUT2D eigenvalue weighted by molar-refractivity contribution is -0.117. The monoisotopic (exact) mass is 347 g/mol. The quantitative estimate of drug-likeness (QED) is 0.787. The molecule has 1 saturated heterocycles. The van der Waals surface area contributed by atoms with E-state index in [4.69, 9.17) is 16.3 Å². The van der Waals surface area contributed by atoms with E-state index in [1.165, 1.54) is 0 Å². The van der Waals surface area contributed by atoms with Crippen molar-refractivity contribution in [3.63, 3.8) is 0 Å². The Kier molecular flexibility index (Phi) is 4.83. The van der Waals surface area contributed by atoms with E-state index in [2.05, 4.69) is 0 Å². The van der Waals surface area contributed by atoms with Gasteiger partial charge in [0.1, 0.15) is 11.1 Å². The van der Waals surface area contributed by atoms with E-state index < -0.39 is 0 Å². The minimum absolute atomic E-state index is 0.0432. The van der Waals surface area contributed by atoms with Gasteiger partial charge in [-0.3, -0.25) is 9.69 Å². The largest absolute Gasteiger partial charge is 0.497 e. The van der Waals surface area contributed by atoms with E-state index in [1.807, 2.05) is 60.4 Å². The van der Waals surface area contributed by atoms with Crippen LogP contribution in [-0.4, -0.2) is 18.3 Å². The third-order valence-electron chi connectivity index (χ3n) is 3.93. The molecule has 1 aliphatic heterocycles. The first kappa shape index (κ1) is 16.2.